The van der Waals surface area contributed by atoms with E-state index >= 15 is 0 Å². The Morgan fingerprint density at radius 2 is 1.77 bits per heavy atom. The largest absolute Gasteiger partial charge is 0.416 e. The maximum Gasteiger partial charge on any atom is 0.416 e. The van der Waals surface area contributed by atoms with E-state index in [-0.39, 0.29) is 28.4 Å². The molecule has 0 saturated heterocycles. The van der Waals surface area contributed by atoms with Crippen LogP contribution in [0.5, 0.6) is 0 Å². The number of aliphatic hydroxyl groups is 2. The first-order valence-corrected chi connectivity index (χ1v) is 10.2. The molecule has 0 bridgehead atoms. The van der Waals surface area contributed by atoms with Crippen LogP contribution in [0.15, 0.2) is 48.8 Å². The van der Waals surface area contributed by atoms with Crippen LogP contribution < -0.4 is 16.4 Å². The summed E-state index contributed by atoms with van der Waals surface area (Å²) >= 11 is 0. The van der Waals surface area contributed by atoms with Crippen LogP contribution in [0, 0.1) is 6.92 Å². The highest BCUT2D eigenvalue weighted by Crippen LogP contribution is 2.33. The van der Waals surface area contributed by atoms with Gasteiger partial charge in [0.15, 0.2) is 17.0 Å². The number of aromatic nitrogens is 4. The number of aryl methyl sites for hydroxylation is 1. The van der Waals surface area contributed by atoms with E-state index in [2.05, 4.69) is 25.6 Å². The van der Waals surface area contributed by atoms with Gasteiger partial charge < -0.3 is 26.6 Å². The summed E-state index contributed by atoms with van der Waals surface area (Å²) in [5.41, 5.74) is 6.44. The zero-order valence-corrected chi connectivity index (χ0v) is 18.2. The Hall–Kier alpha value is -4.23. The van der Waals surface area contributed by atoms with E-state index in [9.17, 15) is 28.2 Å². The van der Waals surface area contributed by atoms with Crippen LogP contribution in [0.2, 0.25) is 0 Å². The zero-order chi connectivity index (χ0) is 25.3. The highest BCUT2D eigenvalue weighted by atomic mass is 19.4. The molecule has 1 unspecified atom stereocenters. The summed E-state index contributed by atoms with van der Waals surface area (Å²) in [4.78, 5) is 24.6. The van der Waals surface area contributed by atoms with Gasteiger partial charge in [-0.3, -0.25) is 4.57 Å². The van der Waals surface area contributed by atoms with Crippen LogP contribution in [0.3, 0.4) is 0 Å². The van der Waals surface area contributed by atoms with Gasteiger partial charge in [-0.15, -0.1) is 0 Å². The fraction of sp³-hybridized carbons (Fsp3) is 0.182. The number of benzene rings is 2. The topological polar surface area (TPSA) is 151 Å². The van der Waals surface area contributed by atoms with Crippen LogP contribution in [-0.2, 0) is 6.18 Å². The summed E-state index contributed by atoms with van der Waals surface area (Å²) in [6, 6.07) is 9.04. The van der Waals surface area contributed by atoms with E-state index in [1.165, 1.54) is 42.1 Å². The molecule has 0 spiro atoms. The highest BCUT2D eigenvalue weighted by molar-refractivity contribution is 5.99. The van der Waals surface area contributed by atoms with Gasteiger partial charge in [0, 0.05) is 17.1 Å². The van der Waals surface area contributed by atoms with Gasteiger partial charge in [0.05, 0.1) is 12.2 Å². The molecule has 0 fully saturated rings. The van der Waals surface area contributed by atoms with Crippen LogP contribution in [0.1, 0.15) is 23.1 Å². The first-order chi connectivity index (χ1) is 16.6. The second-order valence-electron chi connectivity index (χ2n) is 7.59. The van der Waals surface area contributed by atoms with Crippen LogP contribution in [0.4, 0.5) is 35.2 Å². The number of urea groups is 1. The van der Waals surface area contributed by atoms with Crippen molar-refractivity contribution in [3.05, 3.63) is 65.7 Å². The third-order valence-corrected chi connectivity index (χ3v) is 5.15. The molecule has 13 heteroatoms. The molecule has 2 heterocycles. The van der Waals surface area contributed by atoms with Gasteiger partial charge in [-0.2, -0.15) is 13.2 Å². The zero-order valence-electron chi connectivity index (χ0n) is 18.2. The Morgan fingerprint density at radius 3 is 2.43 bits per heavy atom. The molecular formula is C22H20F3N7O3. The minimum Gasteiger partial charge on any atom is -0.393 e. The second-order valence-corrected chi connectivity index (χ2v) is 7.59. The smallest absolute Gasteiger partial charge is 0.393 e. The van der Waals surface area contributed by atoms with Crippen LogP contribution >= 0.6 is 0 Å². The molecule has 4 aromatic rings. The van der Waals surface area contributed by atoms with E-state index in [4.69, 9.17) is 5.73 Å². The molecular weight excluding hydrogens is 467 g/mol. The maximum atomic E-state index is 13.1. The van der Waals surface area contributed by atoms with Gasteiger partial charge in [-0.05, 0) is 48.9 Å². The third kappa shape index (κ3) is 4.85. The number of alkyl halides is 3. The van der Waals surface area contributed by atoms with Gasteiger partial charge in [0.25, 0.3) is 0 Å². The molecule has 35 heavy (non-hydrogen) atoms. The molecule has 1 atom stereocenters. The average Bonchev–Trinajstić information content (AvgIpc) is 3.20. The van der Waals surface area contributed by atoms with Crippen molar-refractivity contribution in [2.45, 2.75) is 19.2 Å². The Morgan fingerprint density at radius 1 is 1.11 bits per heavy atom. The number of imidazole rings is 1. The quantitative estimate of drug-likeness (QED) is 0.289. The third-order valence-electron chi connectivity index (χ3n) is 5.15. The van der Waals surface area contributed by atoms with Gasteiger partial charge in [-0.25, -0.2) is 19.7 Å². The van der Waals surface area contributed by atoms with Crippen molar-refractivity contribution in [2.75, 3.05) is 23.0 Å². The first kappa shape index (κ1) is 23.9. The molecule has 0 aliphatic rings. The summed E-state index contributed by atoms with van der Waals surface area (Å²) in [5, 5.41) is 24.5. The van der Waals surface area contributed by atoms with E-state index in [0.29, 0.717) is 17.0 Å². The number of anilines is 3. The summed E-state index contributed by atoms with van der Waals surface area (Å²) in [6.45, 7) is 0.745. The summed E-state index contributed by atoms with van der Waals surface area (Å²) in [6.07, 6.45) is -4.62. The average molecular weight is 487 g/mol. The van der Waals surface area contributed by atoms with Gasteiger partial charge in [0.2, 0.25) is 0 Å². The normalized spacial score (nSPS) is 12.5. The molecule has 182 valence electrons. The van der Waals surface area contributed by atoms with E-state index < -0.39 is 30.5 Å². The number of amides is 2. The Bertz CT molecular complexity index is 1390. The first-order valence-electron chi connectivity index (χ1n) is 10.2. The molecule has 6 N–H and O–H groups in total. The SMILES string of the molecule is Cc1ccc(NC(=O)Nc2ccc(-n3c(C(O)CO)nc4c(N)ncnc43)cc2)cc1C(F)(F)F. The predicted octanol–water partition coefficient (Wildman–Crippen LogP) is 3.39. The van der Waals surface area contributed by atoms with E-state index in [0.717, 1.165) is 6.07 Å². The molecule has 0 radical (unpaired) electrons. The van der Waals surface area contributed by atoms with Gasteiger partial charge >= 0.3 is 12.2 Å². The minimum atomic E-state index is -4.54. The standard InChI is InChI=1S/C22H20F3N7O3/c1-11-2-3-13(8-15(11)22(23,24)25)30-21(35)29-12-4-6-14(7-5-12)32-19(16(34)9-33)31-17-18(26)27-10-28-20(17)32/h2-8,10,16,33-34H,9H2,1H3,(H2,26,27,28)(H2,29,30,35). The number of hydrogen-bond donors (Lipinski definition) is 5. The van der Waals surface area contributed by atoms with Crippen molar-refractivity contribution < 1.29 is 28.2 Å². The van der Waals surface area contributed by atoms with Crippen molar-refractivity contribution in [1.29, 1.82) is 0 Å². The number of nitrogens with one attached hydrogen (secondary N) is 2. The highest BCUT2D eigenvalue weighted by Gasteiger charge is 2.32. The molecule has 2 amide bonds. The van der Waals surface area contributed by atoms with Crippen molar-refractivity contribution in [3.8, 4) is 5.69 Å². The van der Waals surface area contributed by atoms with E-state index in [1.807, 2.05) is 0 Å². The lowest BCUT2D eigenvalue weighted by Crippen LogP contribution is -2.20. The number of aliphatic hydroxyl groups excluding tert-OH is 2. The summed E-state index contributed by atoms with van der Waals surface area (Å²) < 4.78 is 40.8. The second kappa shape index (κ2) is 9.19. The molecule has 10 nitrogen and oxygen atoms in total. The fourth-order valence-corrected chi connectivity index (χ4v) is 3.48. The number of carbonyl (C=O) groups is 1. The number of carbonyl (C=O) groups excluding carboxylic acids is 1. The number of rotatable bonds is 5. The molecule has 0 saturated carbocycles. The Balaban J connectivity index is 1.56. The van der Waals surface area contributed by atoms with Crippen molar-refractivity contribution in [1.82, 2.24) is 19.5 Å². The maximum absolute atomic E-state index is 13.1. The number of nitrogen functional groups attached to an aromatic ring is 1. The van der Waals surface area contributed by atoms with Gasteiger partial charge in [-0.1, -0.05) is 6.07 Å². The molecule has 2 aromatic carbocycles. The number of halogens is 3. The summed E-state index contributed by atoms with van der Waals surface area (Å²) in [7, 11) is 0. The molecule has 0 aliphatic heterocycles. The molecule has 2 aromatic heterocycles. The number of nitrogens with two attached hydrogens (primary N) is 1. The van der Waals surface area contributed by atoms with Gasteiger partial charge in [0.1, 0.15) is 18.3 Å². The molecule has 0 aliphatic carbocycles. The Kier molecular flexibility index (Phi) is 6.28. The fourth-order valence-electron chi connectivity index (χ4n) is 3.48. The lowest BCUT2D eigenvalue weighted by Gasteiger charge is -2.14. The summed E-state index contributed by atoms with van der Waals surface area (Å²) in [5.74, 6) is 0.188. The monoisotopic (exact) mass is 487 g/mol. The number of nitrogens with zero attached hydrogens (tertiary/aromatic N) is 4. The lowest BCUT2D eigenvalue weighted by atomic mass is 10.1. The van der Waals surface area contributed by atoms with Crippen molar-refractivity contribution in [3.63, 3.8) is 0 Å². The van der Waals surface area contributed by atoms with Crippen molar-refractivity contribution >= 4 is 34.4 Å². The van der Waals surface area contributed by atoms with Crippen LogP contribution in [0.25, 0.3) is 16.9 Å². The predicted molar refractivity (Wildman–Crippen MR) is 122 cm³/mol. The lowest BCUT2D eigenvalue weighted by molar-refractivity contribution is -0.138. The minimum absolute atomic E-state index is 0.0122. The Labute approximate surface area is 196 Å². The molecule has 4 rings (SSSR count). The number of hydrogen-bond acceptors (Lipinski definition) is 7. The number of fused-ring (bicyclic) bond motifs is 1. The van der Waals surface area contributed by atoms with E-state index in [1.54, 1.807) is 12.1 Å². The van der Waals surface area contributed by atoms with Crippen molar-refractivity contribution in [2.24, 2.45) is 0 Å². The van der Waals surface area contributed by atoms with Crippen LogP contribution in [-0.4, -0.2) is 42.4 Å².